The second-order valence-electron chi connectivity index (χ2n) is 8.76. The van der Waals surface area contributed by atoms with Crippen LogP contribution < -0.4 is 10.6 Å². The zero-order valence-corrected chi connectivity index (χ0v) is 18.0. The topological polar surface area (TPSA) is 58.2 Å². The van der Waals surface area contributed by atoms with Gasteiger partial charge in [0.1, 0.15) is 6.04 Å². The summed E-state index contributed by atoms with van der Waals surface area (Å²) >= 11 is 0. The Balaban J connectivity index is 2.14. The molecule has 2 N–H and O–H groups in total. The molecule has 4 heteroatoms. The second kappa shape index (κ2) is 8.59. The van der Waals surface area contributed by atoms with Gasteiger partial charge in [0.15, 0.2) is 0 Å². The minimum atomic E-state index is -0.616. The summed E-state index contributed by atoms with van der Waals surface area (Å²) in [4.78, 5) is 25.6. The normalized spacial score (nSPS) is 12.6. The largest absolute Gasteiger partial charge is 0.340 e. The molecule has 150 valence electrons. The first-order valence-electron chi connectivity index (χ1n) is 9.79. The van der Waals surface area contributed by atoms with Gasteiger partial charge in [-0.05, 0) is 60.1 Å². The molecule has 0 saturated carbocycles. The summed E-state index contributed by atoms with van der Waals surface area (Å²) in [6.07, 6.45) is 0. The van der Waals surface area contributed by atoms with Gasteiger partial charge >= 0.3 is 0 Å². The standard InChI is InChI=1S/C24H32N2O2/c1-15(2)21(23(28)25-20-10-8-9-16(3)17(20)4)26-22(27)18-11-13-19(14-12-18)24(5,6)7/h8-15,21H,1-7H3,(H,25,28)(H,26,27)/t21-/m0/s1. The Kier molecular flexibility index (Phi) is 6.65. The van der Waals surface area contributed by atoms with Crippen LogP contribution in [0.2, 0.25) is 0 Å². The third-order valence-electron chi connectivity index (χ3n) is 5.11. The minimum absolute atomic E-state index is 0.0288. The molecule has 0 bridgehead atoms. The van der Waals surface area contributed by atoms with E-state index in [4.69, 9.17) is 0 Å². The summed E-state index contributed by atoms with van der Waals surface area (Å²) in [6.45, 7) is 14.2. The molecule has 0 aliphatic heterocycles. The van der Waals surface area contributed by atoms with Crippen LogP contribution in [0.5, 0.6) is 0 Å². The van der Waals surface area contributed by atoms with Crippen LogP contribution in [0.25, 0.3) is 0 Å². The molecule has 0 aliphatic rings. The van der Waals surface area contributed by atoms with Crippen LogP contribution in [0.15, 0.2) is 42.5 Å². The predicted molar refractivity (Wildman–Crippen MR) is 116 cm³/mol. The van der Waals surface area contributed by atoms with E-state index in [1.807, 2.05) is 70.2 Å². The van der Waals surface area contributed by atoms with Crippen molar-refractivity contribution in [3.63, 3.8) is 0 Å². The van der Waals surface area contributed by atoms with Crippen molar-refractivity contribution < 1.29 is 9.59 Å². The fourth-order valence-electron chi connectivity index (χ4n) is 2.98. The van der Waals surface area contributed by atoms with E-state index >= 15 is 0 Å². The van der Waals surface area contributed by atoms with Crippen LogP contribution in [0.3, 0.4) is 0 Å². The molecule has 0 spiro atoms. The maximum atomic E-state index is 12.8. The van der Waals surface area contributed by atoms with Gasteiger partial charge in [-0.25, -0.2) is 0 Å². The summed E-state index contributed by atoms with van der Waals surface area (Å²) in [5.41, 5.74) is 4.67. The summed E-state index contributed by atoms with van der Waals surface area (Å²) < 4.78 is 0. The van der Waals surface area contributed by atoms with Crippen molar-refractivity contribution >= 4 is 17.5 Å². The smallest absolute Gasteiger partial charge is 0.251 e. The van der Waals surface area contributed by atoms with E-state index < -0.39 is 6.04 Å². The molecule has 0 heterocycles. The van der Waals surface area contributed by atoms with Crippen molar-refractivity contribution in [1.82, 2.24) is 5.32 Å². The molecule has 2 rings (SSSR count). The first-order valence-corrected chi connectivity index (χ1v) is 9.79. The quantitative estimate of drug-likeness (QED) is 0.767. The number of carbonyl (C=O) groups excluding carboxylic acids is 2. The molecule has 0 radical (unpaired) electrons. The van der Waals surface area contributed by atoms with Crippen molar-refractivity contribution in [2.45, 2.75) is 59.9 Å². The average Bonchev–Trinajstić information content (AvgIpc) is 2.62. The van der Waals surface area contributed by atoms with E-state index in [2.05, 4.69) is 31.4 Å². The van der Waals surface area contributed by atoms with Crippen LogP contribution in [-0.4, -0.2) is 17.9 Å². The maximum absolute atomic E-state index is 12.8. The SMILES string of the molecule is Cc1cccc(NC(=O)[C@@H](NC(=O)c2ccc(C(C)(C)C)cc2)C(C)C)c1C. The molecule has 4 nitrogen and oxygen atoms in total. The van der Waals surface area contributed by atoms with E-state index in [0.29, 0.717) is 5.56 Å². The Morgan fingerprint density at radius 3 is 2.07 bits per heavy atom. The van der Waals surface area contributed by atoms with Gasteiger partial charge < -0.3 is 10.6 Å². The van der Waals surface area contributed by atoms with Crippen LogP contribution in [0, 0.1) is 19.8 Å². The summed E-state index contributed by atoms with van der Waals surface area (Å²) in [6, 6.07) is 12.8. The number of aryl methyl sites for hydroxylation is 1. The Hall–Kier alpha value is -2.62. The molecule has 0 saturated heterocycles. The molecule has 2 aromatic rings. The highest BCUT2D eigenvalue weighted by Gasteiger charge is 2.25. The van der Waals surface area contributed by atoms with Gasteiger partial charge in [0, 0.05) is 11.3 Å². The van der Waals surface area contributed by atoms with E-state index in [1.165, 1.54) is 0 Å². The number of carbonyl (C=O) groups is 2. The minimum Gasteiger partial charge on any atom is -0.340 e. The highest BCUT2D eigenvalue weighted by atomic mass is 16.2. The predicted octanol–water partition coefficient (Wildman–Crippen LogP) is 4.99. The average molecular weight is 381 g/mol. The van der Waals surface area contributed by atoms with E-state index in [1.54, 1.807) is 0 Å². The van der Waals surface area contributed by atoms with E-state index in [-0.39, 0.29) is 23.1 Å². The van der Waals surface area contributed by atoms with Crippen LogP contribution in [-0.2, 0) is 10.2 Å². The summed E-state index contributed by atoms with van der Waals surface area (Å²) in [5, 5.41) is 5.86. The second-order valence-corrected chi connectivity index (χ2v) is 8.76. The number of benzene rings is 2. The Morgan fingerprint density at radius 1 is 0.929 bits per heavy atom. The summed E-state index contributed by atoms with van der Waals surface area (Å²) in [7, 11) is 0. The van der Waals surface area contributed by atoms with Gasteiger partial charge in [-0.15, -0.1) is 0 Å². The van der Waals surface area contributed by atoms with Gasteiger partial charge in [-0.2, -0.15) is 0 Å². The van der Waals surface area contributed by atoms with Crippen molar-refractivity contribution in [1.29, 1.82) is 0 Å². The highest BCUT2D eigenvalue weighted by molar-refractivity contribution is 6.01. The zero-order chi connectivity index (χ0) is 21.1. The lowest BCUT2D eigenvalue weighted by molar-refractivity contribution is -0.118. The van der Waals surface area contributed by atoms with Gasteiger partial charge in [-0.1, -0.05) is 58.9 Å². The van der Waals surface area contributed by atoms with Gasteiger partial charge in [0.05, 0.1) is 0 Å². The third kappa shape index (κ3) is 5.22. The molecule has 0 aromatic heterocycles. The third-order valence-corrected chi connectivity index (χ3v) is 5.11. The lowest BCUT2D eigenvalue weighted by atomic mass is 9.86. The number of rotatable bonds is 5. The van der Waals surface area contributed by atoms with E-state index in [9.17, 15) is 9.59 Å². The van der Waals surface area contributed by atoms with Crippen LogP contribution in [0.1, 0.15) is 61.7 Å². The van der Waals surface area contributed by atoms with Crippen LogP contribution >= 0.6 is 0 Å². The van der Waals surface area contributed by atoms with Gasteiger partial charge in [0.2, 0.25) is 5.91 Å². The first-order chi connectivity index (χ1) is 13.0. The molecule has 28 heavy (non-hydrogen) atoms. The lowest BCUT2D eigenvalue weighted by Gasteiger charge is -2.23. The van der Waals surface area contributed by atoms with Gasteiger partial charge in [-0.3, -0.25) is 9.59 Å². The number of anilines is 1. The molecule has 0 fully saturated rings. The maximum Gasteiger partial charge on any atom is 0.251 e. The van der Waals surface area contributed by atoms with Crippen LogP contribution in [0.4, 0.5) is 5.69 Å². The molecular formula is C24H32N2O2. The Labute approximate surface area is 168 Å². The van der Waals surface area contributed by atoms with Crippen molar-refractivity contribution in [2.24, 2.45) is 5.92 Å². The molecular weight excluding hydrogens is 348 g/mol. The molecule has 2 aromatic carbocycles. The number of amides is 2. The summed E-state index contributed by atoms with van der Waals surface area (Å²) in [5.74, 6) is -0.485. The van der Waals surface area contributed by atoms with Crippen molar-refractivity contribution in [2.75, 3.05) is 5.32 Å². The first kappa shape index (κ1) is 21.7. The molecule has 2 amide bonds. The van der Waals surface area contributed by atoms with Crippen molar-refractivity contribution in [3.8, 4) is 0 Å². The monoisotopic (exact) mass is 380 g/mol. The fourth-order valence-corrected chi connectivity index (χ4v) is 2.98. The number of nitrogens with one attached hydrogen (secondary N) is 2. The highest BCUT2D eigenvalue weighted by Crippen LogP contribution is 2.22. The number of hydrogen-bond donors (Lipinski definition) is 2. The van der Waals surface area contributed by atoms with Crippen molar-refractivity contribution in [3.05, 3.63) is 64.7 Å². The Morgan fingerprint density at radius 2 is 1.54 bits per heavy atom. The number of hydrogen-bond acceptors (Lipinski definition) is 2. The lowest BCUT2D eigenvalue weighted by Crippen LogP contribution is -2.47. The zero-order valence-electron chi connectivity index (χ0n) is 18.0. The van der Waals surface area contributed by atoms with E-state index in [0.717, 1.165) is 22.4 Å². The molecule has 0 unspecified atom stereocenters. The Bertz CT molecular complexity index is 846. The fraction of sp³-hybridized carbons (Fsp3) is 0.417. The molecule has 0 aliphatic carbocycles. The van der Waals surface area contributed by atoms with Gasteiger partial charge in [0.25, 0.3) is 5.91 Å². The molecule has 1 atom stereocenters.